The Kier molecular flexibility index (Phi) is 4.79. The third-order valence-electron chi connectivity index (χ3n) is 3.69. The summed E-state index contributed by atoms with van der Waals surface area (Å²) in [6.45, 7) is 0. The molecule has 0 radical (unpaired) electrons. The number of carboxylic acids is 1. The Labute approximate surface area is 150 Å². The monoisotopic (exact) mass is 372 g/mol. The highest BCUT2D eigenvalue weighted by molar-refractivity contribution is 7.89. The van der Waals surface area contributed by atoms with Gasteiger partial charge in [0, 0.05) is 23.9 Å². The lowest BCUT2D eigenvalue weighted by atomic mass is 10.0. The van der Waals surface area contributed by atoms with E-state index < -0.39 is 16.0 Å². The molecule has 0 aliphatic heterocycles. The molecule has 0 spiro atoms. The zero-order chi connectivity index (χ0) is 18.7. The van der Waals surface area contributed by atoms with E-state index in [0.717, 1.165) is 11.8 Å². The van der Waals surface area contributed by atoms with Gasteiger partial charge >= 0.3 is 5.97 Å². The van der Waals surface area contributed by atoms with Crippen LogP contribution in [0.1, 0.15) is 21.6 Å². The second kappa shape index (κ2) is 7.03. The van der Waals surface area contributed by atoms with Gasteiger partial charge in [0.05, 0.1) is 5.56 Å². The highest BCUT2D eigenvalue weighted by Crippen LogP contribution is 2.34. The van der Waals surface area contributed by atoms with Gasteiger partial charge in [0.15, 0.2) is 5.75 Å². The van der Waals surface area contributed by atoms with Crippen molar-refractivity contribution < 1.29 is 23.1 Å². The van der Waals surface area contributed by atoms with Gasteiger partial charge < -0.3 is 14.8 Å². The molecule has 3 aromatic rings. The summed E-state index contributed by atoms with van der Waals surface area (Å²) in [5.41, 5.74) is 0.974. The fourth-order valence-electron chi connectivity index (χ4n) is 2.53. The number of H-pyrrole nitrogens is 1. The first kappa shape index (κ1) is 17.7. The van der Waals surface area contributed by atoms with Crippen molar-refractivity contribution in [1.82, 2.24) is 4.98 Å². The van der Waals surface area contributed by atoms with Gasteiger partial charge in [-0.15, -0.1) is 0 Å². The highest BCUT2D eigenvalue weighted by atomic mass is 32.2. The maximum absolute atomic E-state index is 12.1. The second-order valence-corrected chi connectivity index (χ2v) is 7.13. The molecule has 1 aromatic heterocycles. The molecule has 0 fully saturated rings. The summed E-state index contributed by atoms with van der Waals surface area (Å²) in [6.07, 6.45) is 1.97. The van der Waals surface area contributed by atoms with Crippen molar-refractivity contribution in [3.8, 4) is 11.5 Å². The van der Waals surface area contributed by atoms with E-state index in [9.17, 15) is 18.3 Å². The summed E-state index contributed by atoms with van der Waals surface area (Å²) in [5, 5.41) is 14.6. The molecule has 3 rings (SSSR count). The number of carbonyl (C=O) groups is 1. The minimum absolute atomic E-state index is 0.0123. The van der Waals surface area contributed by atoms with Crippen molar-refractivity contribution in [3.63, 3.8) is 0 Å². The fourth-order valence-corrected chi connectivity index (χ4v) is 3.25. The number of carboxylic acid groups (broad SMARTS) is 1. The lowest BCUT2D eigenvalue weighted by Gasteiger charge is -2.16. The van der Waals surface area contributed by atoms with Crippen LogP contribution in [0.25, 0.3) is 0 Å². The number of para-hydroxylation sites is 1. The molecule has 1 heterocycles. The van der Waals surface area contributed by atoms with Crippen molar-refractivity contribution in [2.24, 2.45) is 5.14 Å². The first-order valence-electron chi connectivity index (χ1n) is 7.63. The number of aromatic amines is 1. The molecule has 134 valence electrons. The van der Waals surface area contributed by atoms with Crippen LogP contribution >= 0.6 is 0 Å². The fraction of sp³-hybridized carbons (Fsp3) is 0.0556. The lowest BCUT2D eigenvalue weighted by molar-refractivity contribution is 0.0696. The first-order valence-corrected chi connectivity index (χ1v) is 9.17. The van der Waals surface area contributed by atoms with Gasteiger partial charge in [0.25, 0.3) is 0 Å². The van der Waals surface area contributed by atoms with Gasteiger partial charge in [-0.2, -0.15) is 0 Å². The van der Waals surface area contributed by atoms with Crippen molar-refractivity contribution in [2.75, 3.05) is 0 Å². The van der Waals surface area contributed by atoms with Crippen LogP contribution in [0.2, 0.25) is 0 Å². The third kappa shape index (κ3) is 3.93. The number of hydrogen-bond donors (Lipinski definition) is 3. The Morgan fingerprint density at radius 3 is 2.42 bits per heavy atom. The van der Waals surface area contributed by atoms with Crippen LogP contribution in [-0.2, 0) is 16.4 Å². The lowest BCUT2D eigenvalue weighted by Crippen LogP contribution is -2.16. The van der Waals surface area contributed by atoms with Crippen LogP contribution < -0.4 is 9.88 Å². The predicted molar refractivity (Wildman–Crippen MR) is 94.9 cm³/mol. The Balaban J connectivity index is 2.20. The summed E-state index contributed by atoms with van der Waals surface area (Å²) in [5.74, 6) is -0.833. The number of ether oxygens (including phenoxy) is 1. The molecule has 4 N–H and O–H groups in total. The average molecular weight is 372 g/mol. The van der Waals surface area contributed by atoms with Gasteiger partial charge in [-0.25, -0.2) is 18.4 Å². The second-order valence-electron chi connectivity index (χ2n) is 5.60. The predicted octanol–water partition coefficient (Wildman–Crippen LogP) is 2.74. The molecule has 0 aliphatic rings. The Morgan fingerprint density at radius 1 is 1.12 bits per heavy atom. The molecule has 0 saturated heterocycles. The van der Waals surface area contributed by atoms with E-state index in [1.165, 1.54) is 6.07 Å². The number of hydrogen-bond acceptors (Lipinski definition) is 4. The van der Waals surface area contributed by atoms with E-state index in [2.05, 4.69) is 4.98 Å². The number of nitrogens with two attached hydrogens (primary N) is 1. The number of primary sulfonamides is 1. The quantitative estimate of drug-likeness (QED) is 0.614. The van der Waals surface area contributed by atoms with Crippen LogP contribution in [0.15, 0.2) is 65.7 Å². The largest absolute Gasteiger partial charge is 0.478 e. The minimum atomic E-state index is -4.21. The van der Waals surface area contributed by atoms with E-state index in [4.69, 9.17) is 9.88 Å². The Bertz CT molecular complexity index is 1030. The maximum Gasteiger partial charge on any atom is 0.335 e. The molecule has 0 atom stereocenters. The van der Waals surface area contributed by atoms with E-state index in [1.54, 1.807) is 48.7 Å². The van der Waals surface area contributed by atoms with Gasteiger partial charge in [0.1, 0.15) is 10.6 Å². The van der Waals surface area contributed by atoms with Gasteiger partial charge in [-0.3, -0.25) is 0 Å². The average Bonchev–Trinajstić information content (AvgIpc) is 3.09. The molecular weight excluding hydrogens is 356 g/mol. The SMILES string of the molecule is NS(=O)(=O)c1cc(C(=O)O)cc(Cc2ccc[nH]2)c1Oc1ccccc1. The van der Waals surface area contributed by atoms with E-state index in [-0.39, 0.29) is 22.6 Å². The number of nitrogens with one attached hydrogen (secondary N) is 1. The van der Waals surface area contributed by atoms with Gasteiger partial charge in [-0.05, 0) is 36.4 Å². The van der Waals surface area contributed by atoms with Crippen molar-refractivity contribution in [1.29, 1.82) is 0 Å². The van der Waals surface area contributed by atoms with Crippen LogP contribution in [0, 0.1) is 0 Å². The standard InChI is InChI=1S/C18H16N2O5S/c19-26(23,24)16-11-13(18(21)22)9-12(10-14-5-4-8-20-14)17(16)25-15-6-2-1-3-7-15/h1-9,11,20H,10H2,(H,21,22)(H2,19,23,24). The van der Waals surface area contributed by atoms with E-state index in [0.29, 0.717) is 11.3 Å². The summed E-state index contributed by atoms with van der Waals surface area (Å²) in [6, 6.07) is 14.6. The Morgan fingerprint density at radius 2 is 1.85 bits per heavy atom. The smallest absolute Gasteiger partial charge is 0.335 e. The molecule has 0 aliphatic carbocycles. The first-order chi connectivity index (χ1) is 12.3. The van der Waals surface area contributed by atoms with Crippen molar-refractivity contribution >= 4 is 16.0 Å². The van der Waals surface area contributed by atoms with Gasteiger partial charge in [-0.1, -0.05) is 18.2 Å². The summed E-state index contributed by atoms with van der Waals surface area (Å²) >= 11 is 0. The molecule has 0 unspecified atom stereocenters. The number of sulfonamides is 1. The highest BCUT2D eigenvalue weighted by Gasteiger charge is 2.23. The number of aromatic nitrogens is 1. The molecule has 8 heteroatoms. The van der Waals surface area contributed by atoms with E-state index in [1.807, 2.05) is 0 Å². The van der Waals surface area contributed by atoms with E-state index >= 15 is 0 Å². The minimum Gasteiger partial charge on any atom is -0.478 e. The molecule has 2 aromatic carbocycles. The maximum atomic E-state index is 12.1. The van der Waals surface area contributed by atoms with Gasteiger partial charge in [0.2, 0.25) is 10.0 Å². The van der Waals surface area contributed by atoms with Crippen LogP contribution in [-0.4, -0.2) is 24.5 Å². The molecule has 7 nitrogen and oxygen atoms in total. The molecule has 0 saturated carbocycles. The molecule has 0 amide bonds. The normalized spacial score (nSPS) is 11.3. The zero-order valence-electron chi connectivity index (χ0n) is 13.5. The number of benzene rings is 2. The Hall–Kier alpha value is -3.10. The molecular formula is C18H16N2O5S. The molecule has 0 bridgehead atoms. The summed E-state index contributed by atoms with van der Waals surface area (Å²) < 4.78 is 29.9. The summed E-state index contributed by atoms with van der Waals surface area (Å²) in [7, 11) is -4.21. The van der Waals surface area contributed by atoms with Crippen LogP contribution in [0.3, 0.4) is 0 Å². The van der Waals surface area contributed by atoms with Crippen LogP contribution in [0.4, 0.5) is 0 Å². The zero-order valence-corrected chi connectivity index (χ0v) is 14.4. The van der Waals surface area contributed by atoms with Crippen molar-refractivity contribution in [2.45, 2.75) is 11.3 Å². The van der Waals surface area contributed by atoms with Crippen LogP contribution in [0.5, 0.6) is 11.5 Å². The summed E-state index contributed by atoms with van der Waals surface area (Å²) in [4.78, 5) is 14.0. The number of aromatic carboxylic acids is 1. The third-order valence-corrected chi connectivity index (χ3v) is 4.61. The number of rotatable bonds is 6. The topological polar surface area (TPSA) is 122 Å². The molecule has 26 heavy (non-hydrogen) atoms. The van der Waals surface area contributed by atoms with Crippen molar-refractivity contribution in [3.05, 3.63) is 77.6 Å².